The summed E-state index contributed by atoms with van der Waals surface area (Å²) in [5, 5.41) is 4.78. The molecule has 0 aliphatic carbocycles. The van der Waals surface area contributed by atoms with E-state index in [1.807, 2.05) is 41.3 Å². The Hall–Kier alpha value is -2.88. The third-order valence-corrected chi connectivity index (χ3v) is 5.13. The molecule has 0 bridgehead atoms. The van der Waals surface area contributed by atoms with E-state index in [9.17, 15) is 4.79 Å². The highest BCUT2D eigenvalue weighted by molar-refractivity contribution is 5.94. The van der Waals surface area contributed by atoms with Crippen LogP contribution in [-0.2, 0) is 0 Å². The second-order valence-corrected chi connectivity index (χ2v) is 6.96. The maximum Gasteiger partial charge on any atom is 0.272 e. The van der Waals surface area contributed by atoms with Crippen molar-refractivity contribution < 1.29 is 4.79 Å². The number of nitrogens with zero attached hydrogens (tertiary/aromatic N) is 3. The van der Waals surface area contributed by atoms with Crippen molar-refractivity contribution in [3.8, 4) is 16.9 Å². The van der Waals surface area contributed by atoms with Gasteiger partial charge in [0, 0.05) is 18.7 Å². The van der Waals surface area contributed by atoms with Crippen LogP contribution in [0.25, 0.3) is 16.9 Å². The molecule has 1 amide bonds. The largest absolute Gasteiger partial charge is 0.337 e. The molecule has 1 fully saturated rings. The molecule has 1 aliphatic rings. The number of aryl methyl sites for hydroxylation is 2. The third-order valence-electron chi connectivity index (χ3n) is 5.13. The highest BCUT2D eigenvalue weighted by atomic mass is 16.2. The van der Waals surface area contributed by atoms with Crippen LogP contribution in [0.4, 0.5) is 0 Å². The number of hydrogen-bond acceptors (Lipinski definition) is 2. The highest BCUT2D eigenvalue weighted by Gasteiger charge is 2.24. The second-order valence-electron chi connectivity index (χ2n) is 6.96. The fraction of sp³-hybridized carbons (Fsp3) is 0.273. The summed E-state index contributed by atoms with van der Waals surface area (Å²) in [6.07, 6.45) is 2.16. The lowest BCUT2D eigenvalue weighted by molar-refractivity contribution is 0.0784. The second kappa shape index (κ2) is 6.79. The van der Waals surface area contributed by atoms with Gasteiger partial charge in [0.05, 0.1) is 11.4 Å². The van der Waals surface area contributed by atoms with Crippen LogP contribution in [0, 0.1) is 13.8 Å². The van der Waals surface area contributed by atoms with Crippen LogP contribution in [0.3, 0.4) is 0 Å². The molecule has 0 radical (unpaired) electrons. The first-order valence-electron chi connectivity index (χ1n) is 9.16. The summed E-state index contributed by atoms with van der Waals surface area (Å²) >= 11 is 0. The molecule has 2 aromatic carbocycles. The molecule has 1 saturated heterocycles. The SMILES string of the molecule is Cc1ccc(-c2cc(C(=O)N3CCCC3)n(-c3ccccc3)n2)cc1C. The van der Waals surface area contributed by atoms with Crippen LogP contribution in [0.15, 0.2) is 54.6 Å². The number of hydrogen-bond donors (Lipinski definition) is 0. The lowest BCUT2D eigenvalue weighted by Crippen LogP contribution is -2.29. The van der Waals surface area contributed by atoms with Gasteiger partial charge in [-0.1, -0.05) is 30.3 Å². The molecule has 3 aromatic rings. The van der Waals surface area contributed by atoms with Crippen LogP contribution in [-0.4, -0.2) is 33.7 Å². The van der Waals surface area contributed by atoms with Gasteiger partial charge in [0.25, 0.3) is 5.91 Å². The predicted molar refractivity (Wildman–Crippen MR) is 104 cm³/mol. The minimum atomic E-state index is 0.0638. The number of likely N-dealkylation sites (tertiary alicyclic amines) is 1. The van der Waals surface area contributed by atoms with E-state index < -0.39 is 0 Å². The lowest BCUT2D eigenvalue weighted by atomic mass is 10.0. The maximum absolute atomic E-state index is 13.1. The molecule has 4 nitrogen and oxygen atoms in total. The molecule has 2 heterocycles. The van der Waals surface area contributed by atoms with Crippen molar-refractivity contribution in [2.45, 2.75) is 26.7 Å². The Kier molecular flexibility index (Phi) is 4.33. The molecule has 1 aromatic heterocycles. The van der Waals surface area contributed by atoms with Crippen LogP contribution in [0.1, 0.15) is 34.5 Å². The summed E-state index contributed by atoms with van der Waals surface area (Å²) in [4.78, 5) is 15.0. The van der Waals surface area contributed by atoms with Crippen molar-refractivity contribution in [2.24, 2.45) is 0 Å². The van der Waals surface area contributed by atoms with Gasteiger partial charge in [-0.25, -0.2) is 4.68 Å². The molecule has 0 N–H and O–H groups in total. The van der Waals surface area contributed by atoms with Gasteiger partial charge in [-0.2, -0.15) is 5.10 Å². The number of aromatic nitrogens is 2. The summed E-state index contributed by atoms with van der Waals surface area (Å²) in [7, 11) is 0. The Labute approximate surface area is 154 Å². The van der Waals surface area contributed by atoms with E-state index in [4.69, 9.17) is 5.10 Å². The first-order chi connectivity index (χ1) is 12.6. The quantitative estimate of drug-likeness (QED) is 0.706. The van der Waals surface area contributed by atoms with Crippen molar-refractivity contribution in [2.75, 3.05) is 13.1 Å². The highest BCUT2D eigenvalue weighted by Crippen LogP contribution is 2.25. The zero-order valence-electron chi connectivity index (χ0n) is 15.3. The number of para-hydroxylation sites is 1. The minimum absolute atomic E-state index is 0.0638. The van der Waals surface area contributed by atoms with E-state index in [1.54, 1.807) is 4.68 Å². The van der Waals surface area contributed by atoms with Gasteiger partial charge in [-0.15, -0.1) is 0 Å². The van der Waals surface area contributed by atoms with E-state index in [-0.39, 0.29) is 5.91 Å². The Morgan fingerprint density at radius 3 is 2.35 bits per heavy atom. The van der Waals surface area contributed by atoms with Crippen LogP contribution in [0.5, 0.6) is 0 Å². The van der Waals surface area contributed by atoms with Gasteiger partial charge in [0.1, 0.15) is 5.69 Å². The molecule has 26 heavy (non-hydrogen) atoms. The summed E-state index contributed by atoms with van der Waals surface area (Å²) in [5.41, 5.74) is 5.89. The Morgan fingerprint density at radius 1 is 0.923 bits per heavy atom. The van der Waals surface area contributed by atoms with Crippen LogP contribution < -0.4 is 0 Å². The summed E-state index contributed by atoms with van der Waals surface area (Å²) < 4.78 is 1.78. The van der Waals surface area contributed by atoms with E-state index >= 15 is 0 Å². The molecule has 132 valence electrons. The zero-order valence-corrected chi connectivity index (χ0v) is 15.3. The van der Waals surface area contributed by atoms with Crippen LogP contribution in [0.2, 0.25) is 0 Å². The average Bonchev–Trinajstić information content (AvgIpc) is 3.34. The minimum Gasteiger partial charge on any atom is -0.337 e. The topological polar surface area (TPSA) is 38.1 Å². The summed E-state index contributed by atoms with van der Waals surface area (Å²) in [6, 6.07) is 18.1. The van der Waals surface area contributed by atoms with Crippen molar-refractivity contribution in [3.63, 3.8) is 0 Å². The fourth-order valence-electron chi connectivity index (χ4n) is 3.42. The number of amides is 1. The number of carbonyl (C=O) groups is 1. The van der Waals surface area contributed by atoms with Crippen molar-refractivity contribution in [3.05, 3.63) is 71.4 Å². The van der Waals surface area contributed by atoms with Crippen molar-refractivity contribution in [1.82, 2.24) is 14.7 Å². The number of rotatable bonds is 3. The lowest BCUT2D eigenvalue weighted by Gasteiger charge is -2.15. The van der Waals surface area contributed by atoms with Gasteiger partial charge >= 0.3 is 0 Å². The van der Waals surface area contributed by atoms with Gasteiger partial charge in [0.2, 0.25) is 0 Å². The smallest absolute Gasteiger partial charge is 0.272 e. The zero-order chi connectivity index (χ0) is 18.1. The molecular weight excluding hydrogens is 322 g/mol. The monoisotopic (exact) mass is 345 g/mol. The first kappa shape index (κ1) is 16.6. The van der Waals surface area contributed by atoms with Gasteiger partial charge < -0.3 is 4.90 Å². The maximum atomic E-state index is 13.1. The van der Waals surface area contributed by atoms with Gasteiger partial charge in [-0.05, 0) is 62.1 Å². The van der Waals surface area contributed by atoms with E-state index in [1.165, 1.54) is 11.1 Å². The molecule has 1 aliphatic heterocycles. The van der Waals surface area contributed by atoms with Crippen molar-refractivity contribution >= 4 is 5.91 Å². The Balaban J connectivity index is 1.81. The summed E-state index contributed by atoms with van der Waals surface area (Å²) in [5.74, 6) is 0.0638. The number of benzene rings is 2. The predicted octanol–water partition coefficient (Wildman–Crippen LogP) is 4.39. The molecule has 0 spiro atoms. The Morgan fingerprint density at radius 2 is 1.65 bits per heavy atom. The average molecular weight is 345 g/mol. The van der Waals surface area contributed by atoms with E-state index in [2.05, 4.69) is 32.0 Å². The molecule has 4 heteroatoms. The van der Waals surface area contributed by atoms with E-state index in [0.717, 1.165) is 42.9 Å². The van der Waals surface area contributed by atoms with Crippen LogP contribution >= 0.6 is 0 Å². The van der Waals surface area contributed by atoms with Crippen molar-refractivity contribution in [1.29, 1.82) is 0 Å². The van der Waals surface area contributed by atoms with E-state index in [0.29, 0.717) is 5.69 Å². The molecule has 0 unspecified atom stereocenters. The fourth-order valence-corrected chi connectivity index (χ4v) is 3.42. The normalized spacial score (nSPS) is 14.0. The Bertz CT molecular complexity index is 937. The standard InChI is InChI=1S/C22H23N3O/c1-16-10-11-18(14-17(16)2)20-15-21(22(26)24-12-6-7-13-24)25(23-20)19-8-4-3-5-9-19/h3-5,8-11,14-15H,6-7,12-13H2,1-2H3. The van der Waals surface area contributed by atoms with Gasteiger partial charge in [0.15, 0.2) is 0 Å². The third kappa shape index (κ3) is 3.03. The number of carbonyl (C=O) groups excluding carboxylic acids is 1. The molecule has 0 saturated carbocycles. The van der Waals surface area contributed by atoms with Gasteiger partial charge in [-0.3, -0.25) is 4.79 Å². The first-order valence-corrected chi connectivity index (χ1v) is 9.16. The molecule has 0 atom stereocenters. The molecular formula is C22H23N3O. The molecule has 4 rings (SSSR count). The summed E-state index contributed by atoms with van der Waals surface area (Å²) in [6.45, 7) is 5.86.